The van der Waals surface area contributed by atoms with Crippen molar-refractivity contribution < 1.29 is 22.4 Å². The van der Waals surface area contributed by atoms with Crippen molar-refractivity contribution in [2.75, 3.05) is 11.5 Å². The van der Waals surface area contributed by atoms with Crippen molar-refractivity contribution >= 4 is 56.5 Å². The third-order valence-corrected chi connectivity index (χ3v) is 8.56. The van der Waals surface area contributed by atoms with Crippen LogP contribution in [0.4, 0.5) is 0 Å². The minimum Gasteiger partial charge on any atom is -0.457 e. The molecule has 7 nitrogen and oxygen atoms in total. The van der Waals surface area contributed by atoms with Gasteiger partial charge in [0, 0.05) is 16.2 Å². The lowest BCUT2D eigenvalue weighted by molar-refractivity contribution is -0.142. The van der Waals surface area contributed by atoms with E-state index in [1.165, 1.54) is 6.08 Å². The highest BCUT2D eigenvalue weighted by Gasteiger charge is 2.45. The van der Waals surface area contributed by atoms with Crippen LogP contribution in [-0.4, -0.2) is 42.7 Å². The number of hydrogen-bond donors (Lipinski definition) is 0. The van der Waals surface area contributed by atoms with Crippen LogP contribution in [0, 0.1) is 11.3 Å². The fourth-order valence-electron chi connectivity index (χ4n) is 4.55. The quantitative estimate of drug-likeness (QED) is 0.326. The van der Waals surface area contributed by atoms with E-state index in [0.717, 1.165) is 4.90 Å². The molecule has 0 aliphatic carbocycles. The summed E-state index contributed by atoms with van der Waals surface area (Å²) < 4.78 is 30.2. The molecule has 1 aromatic heterocycles. The molecular formula is C27H18Cl2N2O5S. The predicted octanol–water partition coefficient (Wildman–Crippen LogP) is 5.17. The van der Waals surface area contributed by atoms with Crippen LogP contribution in [0.2, 0.25) is 10.0 Å². The van der Waals surface area contributed by atoms with Crippen LogP contribution in [0.3, 0.4) is 0 Å². The Labute approximate surface area is 223 Å². The van der Waals surface area contributed by atoms with Gasteiger partial charge in [0.25, 0.3) is 11.8 Å². The molecule has 3 heterocycles. The number of furan rings is 1. The molecule has 1 atom stereocenters. The van der Waals surface area contributed by atoms with Gasteiger partial charge in [-0.15, -0.1) is 0 Å². The van der Waals surface area contributed by atoms with Gasteiger partial charge in [-0.25, -0.2) is 8.42 Å². The smallest absolute Gasteiger partial charge is 0.272 e. The molecule has 3 aromatic rings. The molecule has 0 radical (unpaired) electrons. The maximum absolute atomic E-state index is 13.8. The van der Waals surface area contributed by atoms with Crippen molar-refractivity contribution in [3.8, 4) is 17.4 Å². The average Bonchev–Trinajstić information content (AvgIpc) is 3.47. The fourth-order valence-corrected chi connectivity index (χ4v) is 6.75. The molecule has 5 rings (SSSR count). The van der Waals surface area contributed by atoms with Crippen LogP contribution in [0.25, 0.3) is 23.0 Å². The molecule has 2 aliphatic heterocycles. The summed E-state index contributed by atoms with van der Waals surface area (Å²) in [6.07, 6.45) is 1.57. The minimum absolute atomic E-state index is 0.0507. The highest BCUT2D eigenvalue weighted by atomic mass is 35.5. The molecule has 2 aromatic carbocycles. The number of nitriles is 1. The highest BCUT2D eigenvalue weighted by Crippen LogP contribution is 2.38. The van der Waals surface area contributed by atoms with Crippen LogP contribution in [0.15, 0.2) is 76.2 Å². The zero-order chi connectivity index (χ0) is 26.3. The van der Waals surface area contributed by atoms with E-state index in [2.05, 4.69) is 0 Å². The van der Waals surface area contributed by atoms with Crippen LogP contribution in [-0.2, 0) is 19.4 Å². The van der Waals surface area contributed by atoms with Crippen LogP contribution < -0.4 is 0 Å². The maximum Gasteiger partial charge on any atom is 0.272 e. The second kappa shape index (κ2) is 9.67. The van der Waals surface area contributed by atoms with Gasteiger partial charge < -0.3 is 4.42 Å². The lowest BCUT2D eigenvalue weighted by Crippen LogP contribution is -2.49. The van der Waals surface area contributed by atoms with Crippen LogP contribution >= 0.6 is 23.2 Å². The summed E-state index contributed by atoms with van der Waals surface area (Å²) in [6, 6.07) is 18.0. The third-order valence-electron chi connectivity index (χ3n) is 6.26. The average molecular weight is 553 g/mol. The first-order valence-corrected chi connectivity index (χ1v) is 13.8. The van der Waals surface area contributed by atoms with Crippen molar-refractivity contribution in [3.63, 3.8) is 0 Å². The Morgan fingerprint density at radius 2 is 1.78 bits per heavy atom. The number of halogens is 2. The maximum atomic E-state index is 13.8. The molecule has 10 heteroatoms. The SMILES string of the molecule is N#CC1=C(c2ccccc2)C(=Cc2ccc(-c3ccc(Cl)cc3Cl)o2)C(=O)N(C2CCS(=O)(=O)C2)C1=O. The predicted molar refractivity (Wildman–Crippen MR) is 140 cm³/mol. The van der Waals surface area contributed by atoms with E-state index in [0.29, 0.717) is 26.9 Å². The largest absolute Gasteiger partial charge is 0.457 e. The molecule has 0 bridgehead atoms. The van der Waals surface area contributed by atoms with Crippen molar-refractivity contribution in [3.05, 3.63) is 93.2 Å². The summed E-state index contributed by atoms with van der Waals surface area (Å²) in [6.45, 7) is 0. The van der Waals surface area contributed by atoms with Gasteiger partial charge in [-0.2, -0.15) is 5.26 Å². The second-order valence-corrected chi connectivity index (χ2v) is 11.7. The summed E-state index contributed by atoms with van der Waals surface area (Å²) in [4.78, 5) is 28.0. The van der Waals surface area contributed by atoms with Crippen molar-refractivity contribution in [1.82, 2.24) is 4.90 Å². The summed E-state index contributed by atoms with van der Waals surface area (Å²) in [5.41, 5.74) is 1.06. The molecule has 1 unspecified atom stereocenters. The monoisotopic (exact) mass is 552 g/mol. The molecular weight excluding hydrogens is 535 g/mol. The molecule has 0 spiro atoms. The van der Waals surface area contributed by atoms with Gasteiger partial charge in [0.2, 0.25) is 0 Å². The normalized spacial score (nSPS) is 20.5. The number of carbonyl (C=O) groups is 2. The first kappa shape index (κ1) is 25.0. The fraction of sp³-hybridized carbons (Fsp3) is 0.148. The minimum atomic E-state index is -3.40. The Balaban J connectivity index is 1.65. The Hall–Kier alpha value is -3.64. The van der Waals surface area contributed by atoms with E-state index in [1.54, 1.807) is 60.7 Å². The topological polar surface area (TPSA) is 108 Å². The number of sulfone groups is 1. The zero-order valence-corrected chi connectivity index (χ0v) is 21.5. The Bertz CT molecular complexity index is 1650. The van der Waals surface area contributed by atoms with E-state index in [1.807, 2.05) is 6.07 Å². The van der Waals surface area contributed by atoms with Crippen LogP contribution in [0.5, 0.6) is 0 Å². The van der Waals surface area contributed by atoms with Gasteiger partial charge in [-0.3, -0.25) is 14.5 Å². The van der Waals surface area contributed by atoms with E-state index in [4.69, 9.17) is 27.6 Å². The summed E-state index contributed by atoms with van der Waals surface area (Å²) >= 11 is 12.3. The Kier molecular flexibility index (Phi) is 6.54. The summed E-state index contributed by atoms with van der Waals surface area (Å²) in [7, 11) is -3.40. The molecule has 0 N–H and O–H groups in total. The number of rotatable bonds is 4. The van der Waals surface area contributed by atoms with Gasteiger partial charge in [-0.05, 0) is 48.4 Å². The molecule has 0 saturated carbocycles. The standard InChI is InChI=1S/C27H18Cl2N2O5S/c28-17-6-8-20(23(29)12-17)24-9-7-19(36-24)13-21-25(16-4-2-1-3-5-16)22(14-30)27(33)31(26(21)32)18-10-11-37(34,35)15-18/h1-9,12-13,18H,10-11,15H2. The van der Waals surface area contributed by atoms with E-state index in [-0.39, 0.29) is 40.4 Å². The Morgan fingerprint density at radius 3 is 2.43 bits per heavy atom. The lowest BCUT2D eigenvalue weighted by Gasteiger charge is -2.32. The lowest BCUT2D eigenvalue weighted by atomic mass is 9.87. The third kappa shape index (κ3) is 4.74. The highest BCUT2D eigenvalue weighted by molar-refractivity contribution is 7.91. The van der Waals surface area contributed by atoms with Crippen molar-refractivity contribution in [2.24, 2.45) is 0 Å². The van der Waals surface area contributed by atoms with E-state index in [9.17, 15) is 23.3 Å². The molecule has 1 saturated heterocycles. The first-order valence-electron chi connectivity index (χ1n) is 11.2. The summed E-state index contributed by atoms with van der Waals surface area (Å²) in [5.74, 6) is -1.25. The van der Waals surface area contributed by atoms with Gasteiger partial charge in [-0.1, -0.05) is 53.5 Å². The zero-order valence-electron chi connectivity index (χ0n) is 19.1. The van der Waals surface area contributed by atoms with Crippen molar-refractivity contribution in [1.29, 1.82) is 5.26 Å². The first-order chi connectivity index (χ1) is 17.7. The molecule has 186 valence electrons. The number of nitrogens with zero attached hydrogens (tertiary/aromatic N) is 2. The number of imide groups is 1. The Morgan fingerprint density at radius 1 is 1.03 bits per heavy atom. The molecule has 2 aliphatic rings. The van der Waals surface area contributed by atoms with Crippen LogP contribution in [0.1, 0.15) is 17.7 Å². The molecule has 37 heavy (non-hydrogen) atoms. The molecule has 1 fully saturated rings. The number of hydrogen-bond acceptors (Lipinski definition) is 6. The number of benzene rings is 2. The number of carbonyl (C=O) groups excluding carboxylic acids is 2. The van der Waals surface area contributed by atoms with Gasteiger partial charge >= 0.3 is 0 Å². The van der Waals surface area contributed by atoms with Crippen molar-refractivity contribution in [2.45, 2.75) is 12.5 Å². The van der Waals surface area contributed by atoms with Gasteiger partial charge in [0.05, 0.1) is 28.1 Å². The van der Waals surface area contributed by atoms with Gasteiger partial charge in [0.15, 0.2) is 9.84 Å². The van der Waals surface area contributed by atoms with E-state index < -0.39 is 27.7 Å². The second-order valence-electron chi connectivity index (χ2n) is 8.65. The molecule has 2 amide bonds. The van der Waals surface area contributed by atoms with Gasteiger partial charge in [0.1, 0.15) is 23.2 Å². The number of amides is 2. The summed E-state index contributed by atoms with van der Waals surface area (Å²) in [5, 5.41) is 10.8. The van der Waals surface area contributed by atoms with E-state index >= 15 is 0 Å².